The van der Waals surface area contributed by atoms with Crippen LogP contribution in [-0.2, 0) is 42.2 Å². The molecule has 0 aliphatic carbocycles. The number of hydrogen-bond acceptors (Lipinski definition) is 10. The second kappa shape index (κ2) is 52.8. The maximum Gasteiger partial charge on any atom is 0.472 e. The number of ether oxygens (including phenoxy) is 3. The summed E-state index contributed by atoms with van der Waals surface area (Å²) >= 11 is 0. The first-order valence-corrected chi connectivity index (χ1v) is 30.0. The van der Waals surface area contributed by atoms with Gasteiger partial charge in [0.15, 0.2) is 6.10 Å². The molecule has 408 valence electrons. The molecule has 70 heavy (non-hydrogen) atoms. The van der Waals surface area contributed by atoms with Crippen molar-refractivity contribution in [2.75, 3.05) is 26.4 Å². The van der Waals surface area contributed by atoms with Gasteiger partial charge in [-0.25, -0.2) is 4.57 Å². The predicted molar refractivity (Wildman–Crippen MR) is 289 cm³/mol. The van der Waals surface area contributed by atoms with Crippen molar-refractivity contribution in [2.24, 2.45) is 0 Å². The fourth-order valence-corrected chi connectivity index (χ4v) is 8.72. The Bertz CT molecular complexity index is 1360. The van der Waals surface area contributed by atoms with Crippen LogP contribution in [0.25, 0.3) is 0 Å². The quantitative estimate of drug-likeness (QED) is 0.0197. The molecule has 0 radical (unpaired) electrons. The fourth-order valence-electron chi connectivity index (χ4n) is 7.94. The van der Waals surface area contributed by atoms with Crippen molar-refractivity contribution in [3.05, 3.63) is 48.6 Å². The molecule has 0 amide bonds. The van der Waals surface area contributed by atoms with Gasteiger partial charge in [-0.2, -0.15) is 0 Å². The van der Waals surface area contributed by atoms with E-state index in [4.69, 9.17) is 23.3 Å². The summed E-state index contributed by atoms with van der Waals surface area (Å²) in [4.78, 5) is 48.5. The largest absolute Gasteiger partial charge is 0.472 e. The molecule has 0 rings (SSSR count). The number of unbranched alkanes of at least 4 members (excludes halogenated alkanes) is 28. The molecule has 0 saturated heterocycles. The number of phosphoric ester groups is 1. The lowest BCUT2D eigenvalue weighted by atomic mass is 10.0. The van der Waals surface area contributed by atoms with Crippen LogP contribution >= 0.6 is 7.82 Å². The second-order valence-electron chi connectivity index (χ2n) is 19.1. The number of aliphatic hydroxyl groups excluding tert-OH is 1. The maximum absolute atomic E-state index is 12.9. The molecule has 0 aromatic heterocycles. The Morgan fingerprint density at radius 2 is 0.743 bits per heavy atom. The van der Waals surface area contributed by atoms with Crippen LogP contribution in [0.3, 0.4) is 0 Å². The summed E-state index contributed by atoms with van der Waals surface area (Å²) in [5.74, 6) is -1.50. The van der Waals surface area contributed by atoms with Crippen LogP contribution in [-0.4, -0.2) is 66.5 Å². The first-order chi connectivity index (χ1) is 34.2. The molecule has 3 unspecified atom stereocenters. The van der Waals surface area contributed by atoms with E-state index in [0.717, 1.165) is 77.0 Å². The number of rotatable bonds is 53. The molecule has 11 nitrogen and oxygen atoms in total. The third-order valence-corrected chi connectivity index (χ3v) is 13.2. The van der Waals surface area contributed by atoms with Crippen molar-refractivity contribution in [1.29, 1.82) is 0 Å². The molecule has 0 aliphatic rings. The lowest BCUT2D eigenvalue weighted by Gasteiger charge is -2.21. The van der Waals surface area contributed by atoms with Crippen molar-refractivity contribution in [3.8, 4) is 0 Å². The van der Waals surface area contributed by atoms with Crippen molar-refractivity contribution < 1.29 is 52.2 Å². The minimum atomic E-state index is -4.75. The number of allylic oxidation sites excluding steroid dienone is 8. The summed E-state index contributed by atoms with van der Waals surface area (Å²) in [6, 6.07) is 0. The standard InChI is InChI=1S/C58H105O11P/c1-4-7-10-13-16-19-22-25-27-30-32-35-38-41-44-47-56(60)65-51-55(69-58(62)49-46-43-40-37-34-31-28-26-23-20-17-14-11-8-5-2)53-67-70(63,64)66-52-54(50-59)68-57(61)48-45-42-39-36-33-29-24-21-18-15-12-9-6-3/h7,10,16,19,25,27,32,35,54-55,59H,4-6,8-9,11-15,17-18,20-24,26,28-31,33-34,36-53H2,1-3H3,(H,63,64)/b10-7-,19-16-,27-25-,35-32-. The third kappa shape index (κ3) is 50.4. The van der Waals surface area contributed by atoms with Crippen LogP contribution < -0.4 is 0 Å². The highest BCUT2D eigenvalue weighted by atomic mass is 31.2. The summed E-state index contributed by atoms with van der Waals surface area (Å²) in [6.07, 6.45) is 55.0. The summed E-state index contributed by atoms with van der Waals surface area (Å²) in [5, 5.41) is 9.80. The van der Waals surface area contributed by atoms with Crippen molar-refractivity contribution in [1.82, 2.24) is 0 Å². The fraction of sp³-hybridized carbons (Fsp3) is 0.810. The number of aliphatic hydroxyl groups is 1. The van der Waals surface area contributed by atoms with Crippen molar-refractivity contribution in [3.63, 3.8) is 0 Å². The average molecular weight is 1010 g/mol. The highest BCUT2D eigenvalue weighted by Crippen LogP contribution is 2.43. The van der Waals surface area contributed by atoms with Gasteiger partial charge in [0.2, 0.25) is 0 Å². The zero-order chi connectivity index (χ0) is 51.3. The number of phosphoric acid groups is 1. The normalized spacial score (nSPS) is 13.7. The summed E-state index contributed by atoms with van der Waals surface area (Å²) < 4.78 is 39.5. The molecule has 0 bridgehead atoms. The van der Waals surface area contributed by atoms with E-state index in [1.807, 2.05) is 0 Å². The first-order valence-electron chi connectivity index (χ1n) is 28.5. The van der Waals surface area contributed by atoms with Gasteiger partial charge in [0.05, 0.1) is 19.8 Å². The van der Waals surface area contributed by atoms with Crippen molar-refractivity contribution >= 4 is 25.7 Å². The highest BCUT2D eigenvalue weighted by Gasteiger charge is 2.28. The van der Waals surface area contributed by atoms with E-state index >= 15 is 0 Å². The number of carbonyl (C=O) groups excluding carboxylic acids is 3. The number of hydrogen-bond donors (Lipinski definition) is 2. The van der Waals surface area contributed by atoms with Crippen LogP contribution in [0.1, 0.15) is 265 Å². The Kier molecular flexibility index (Phi) is 50.8. The Labute approximate surface area is 428 Å². The highest BCUT2D eigenvalue weighted by molar-refractivity contribution is 7.47. The SMILES string of the molecule is CC/C=C\C/C=C\C/C=C\C/C=C\CCCCC(=O)OCC(COP(=O)(O)OCC(CO)OC(=O)CCCCCCCCCCCCCCC)OC(=O)CCCCCCCCCCCCCCCCC. The van der Waals surface area contributed by atoms with Crippen LogP contribution in [0.2, 0.25) is 0 Å². The van der Waals surface area contributed by atoms with Crippen LogP contribution in [0.15, 0.2) is 48.6 Å². The molecule has 0 aliphatic heterocycles. The third-order valence-electron chi connectivity index (χ3n) is 12.3. The zero-order valence-electron chi connectivity index (χ0n) is 45.0. The lowest BCUT2D eigenvalue weighted by Crippen LogP contribution is -2.30. The van der Waals surface area contributed by atoms with E-state index < -0.39 is 57.8 Å². The van der Waals surface area contributed by atoms with Gasteiger partial charge >= 0.3 is 25.7 Å². The van der Waals surface area contributed by atoms with Gasteiger partial charge in [-0.1, -0.05) is 236 Å². The molecule has 3 atom stereocenters. The van der Waals surface area contributed by atoms with E-state index in [-0.39, 0.29) is 25.9 Å². The number of carbonyl (C=O) groups is 3. The van der Waals surface area contributed by atoms with E-state index in [1.54, 1.807) is 0 Å². The van der Waals surface area contributed by atoms with Gasteiger partial charge in [-0.3, -0.25) is 23.4 Å². The Balaban J connectivity index is 4.75. The first kappa shape index (κ1) is 67.4. The van der Waals surface area contributed by atoms with E-state index in [0.29, 0.717) is 19.3 Å². The van der Waals surface area contributed by atoms with Gasteiger partial charge in [0.1, 0.15) is 12.7 Å². The molecule has 0 aromatic rings. The molecule has 2 N–H and O–H groups in total. The molecule has 12 heteroatoms. The van der Waals surface area contributed by atoms with E-state index in [9.17, 15) is 28.9 Å². The molecular formula is C58H105O11P. The Morgan fingerprint density at radius 3 is 1.14 bits per heavy atom. The minimum Gasteiger partial charge on any atom is -0.462 e. The van der Waals surface area contributed by atoms with Crippen LogP contribution in [0, 0.1) is 0 Å². The minimum absolute atomic E-state index is 0.163. The molecule has 0 fully saturated rings. The molecule has 0 heterocycles. The molecule has 0 saturated carbocycles. The van der Waals surface area contributed by atoms with Gasteiger partial charge in [-0.15, -0.1) is 0 Å². The number of esters is 3. The van der Waals surface area contributed by atoms with Gasteiger partial charge in [0.25, 0.3) is 0 Å². The smallest absolute Gasteiger partial charge is 0.462 e. The predicted octanol–water partition coefficient (Wildman–Crippen LogP) is 16.6. The Morgan fingerprint density at radius 1 is 0.414 bits per heavy atom. The Hall–Kier alpha value is -2.56. The zero-order valence-corrected chi connectivity index (χ0v) is 45.9. The van der Waals surface area contributed by atoms with Gasteiger partial charge in [-0.05, 0) is 57.8 Å². The molecular weight excluding hydrogens is 904 g/mol. The van der Waals surface area contributed by atoms with E-state index in [1.165, 1.54) is 128 Å². The van der Waals surface area contributed by atoms with Gasteiger partial charge < -0.3 is 24.2 Å². The average Bonchev–Trinajstić information content (AvgIpc) is 3.35. The van der Waals surface area contributed by atoms with Crippen molar-refractivity contribution in [2.45, 2.75) is 277 Å². The summed E-state index contributed by atoms with van der Waals surface area (Å²) in [7, 11) is -4.75. The molecule has 0 spiro atoms. The maximum atomic E-state index is 12.9. The topological polar surface area (TPSA) is 155 Å². The lowest BCUT2D eigenvalue weighted by molar-refractivity contribution is -0.161. The molecule has 0 aromatic carbocycles. The van der Waals surface area contributed by atoms with Gasteiger partial charge in [0, 0.05) is 19.3 Å². The van der Waals surface area contributed by atoms with Crippen LogP contribution in [0.5, 0.6) is 0 Å². The summed E-state index contributed by atoms with van der Waals surface area (Å²) in [5.41, 5.74) is 0. The summed E-state index contributed by atoms with van der Waals surface area (Å²) in [6.45, 7) is 4.51. The van der Waals surface area contributed by atoms with E-state index in [2.05, 4.69) is 69.4 Å². The monoisotopic (exact) mass is 1010 g/mol. The second-order valence-corrected chi connectivity index (χ2v) is 20.5. The van der Waals surface area contributed by atoms with Crippen LogP contribution in [0.4, 0.5) is 0 Å².